The van der Waals surface area contributed by atoms with Crippen LogP contribution in [-0.4, -0.2) is 43.6 Å². The molecular formula is C34H45NO4S2Si. The predicted molar refractivity (Wildman–Crippen MR) is 177 cm³/mol. The molecule has 2 atom stereocenters. The number of nitrogens with zero attached hydrogens (tertiary/aromatic N) is 1. The van der Waals surface area contributed by atoms with Gasteiger partial charge in [-0.3, -0.25) is 4.21 Å². The van der Waals surface area contributed by atoms with Gasteiger partial charge >= 0.3 is 0 Å². The van der Waals surface area contributed by atoms with Crippen LogP contribution in [0.5, 0.6) is 0 Å². The second-order valence-electron chi connectivity index (χ2n) is 12.2. The van der Waals surface area contributed by atoms with Crippen molar-refractivity contribution in [3.05, 3.63) is 101 Å². The number of aryl methyl sites for hydroxylation is 1. The molecule has 226 valence electrons. The highest BCUT2D eigenvalue weighted by Gasteiger charge is 2.49. The minimum absolute atomic E-state index is 0.102. The Balaban J connectivity index is 1.84. The molecule has 1 aliphatic rings. The lowest BCUT2D eigenvalue weighted by molar-refractivity contribution is 0.261. The number of hydrogen-bond acceptors (Lipinski definition) is 4. The summed E-state index contributed by atoms with van der Waals surface area (Å²) >= 11 is 0. The first-order chi connectivity index (χ1) is 19.9. The van der Waals surface area contributed by atoms with Gasteiger partial charge in [-0.25, -0.2) is 8.42 Å². The number of fused-ring (bicyclic) bond motifs is 1. The van der Waals surface area contributed by atoms with E-state index in [1.165, 1.54) is 0 Å². The minimum atomic E-state index is -3.95. The maximum atomic E-state index is 14.5. The van der Waals surface area contributed by atoms with E-state index in [2.05, 4.69) is 59.8 Å². The van der Waals surface area contributed by atoms with Crippen LogP contribution in [-0.2, 0) is 31.7 Å². The Hall–Kier alpha value is -2.52. The molecule has 5 nitrogen and oxygen atoms in total. The summed E-state index contributed by atoms with van der Waals surface area (Å²) < 4.78 is 51.1. The predicted octanol–water partition coefficient (Wildman–Crippen LogP) is 7.95. The standard InChI is InChI=1S/C34H45NO4S2Si/c1-25(2)42(26(3)4,27(5)6)39-34-24-30-14-12-11-13-29(30)23-33(34)35(21-22-40(36)31-15-9-8-10-16-31)41(37,38)32-19-17-28(7)18-20-32/h8-20,24-27,33H,21-23H2,1-7H3. The van der Waals surface area contributed by atoms with Gasteiger partial charge in [-0.15, -0.1) is 0 Å². The van der Waals surface area contributed by atoms with Gasteiger partial charge in [0.2, 0.25) is 10.0 Å². The molecule has 8 heteroatoms. The van der Waals surface area contributed by atoms with Crippen LogP contribution in [0.15, 0.2) is 94.4 Å². The van der Waals surface area contributed by atoms with E-state index in [0.717, 1.165) is 16.7 Å². The largest absolute Gasteiger partial charge is 0.544 e. The summed E-state index contributed by atoms with van der Waals surface area (Å²) in [6.45, 7) is 15.5. The van der Waals surface area contributed by atoms with Crippen LogP contribution in [0.25, 0.3) is 6.08 Å². The Morgan fingerprint density at radius 2 is 1.43 bits per heavy atom. The molecule has 1 aliphatic carbocycles. The van der Waals surface area contributed by atoms with Crippen molar-refractivity contribution in [2.24, 2.45) is 0 Å². The maximum Gasteiger partial charge on any atom is 0.258 e. The van der Waals surface area contributed by atoms with Crippen molar-refractivity contribution in [1.82, 2.24) is 4.31 Å². The van der Waals surface area contributed by atoms with E-state index >= 15 is 0 Å². The molecule has 0 aromatic heterocycles. The first-order valence-corrected chi connectivity index (χ1v) is 19.8. The minimum Gasteiger partial charge on any atom is -0.544 e. The van der Waals surface area contributed by atoms with Crippen LogP contribution in [0.1, 0.15) is 58.2 Å². The topological polar surface area (TPSA) is 63.7 Å². The molecule has 0 fully saturated rings. The molecule has 3 aromatic rings. The van der Waals surface area contributed by atoms with Gasteiger partial charge in [0.15, 0.2) is 0 Å². The molecular weight excluding hydrogens is 579 g/mol. The Kier molecular flexibility index (Phi) is 10.3. The number of hydrogen-bond donors (Lipinski definition) is 0. The smallest absolute Gasteiger partial charge is 0.258 e. The molecule has 0 aliphatic heterocycles. The van der Waals surface area contributed by atoms with Crippen LogP contribution in [0.3, 0.4) is 0 Å². The summed E-state index contributed by atoms with van der Waals surface area (Å²) in [6.07, 6.45) is 2.55. The fourth-order valence-electron chi connectivity index (χ4n) is 6.47. The fraction of sp³-hybridized carbons (Fsp3) is 0.412. The highest BCUT2D eigenvalue weighted by Crippen LogP contribution is 2.46. The van der Waals surface area contributed by atoms with E-state index in [0.29, 0.717) is 33.7 Å². The Labute approximate surface area is 256 Å². The van der Waals surface area contributed by atoms with Crippen LogP contribution in [0, 0.1) is 6.92 Å². The maximum absolute atomic E-state index is 14.5. The van der Waals surface area contributed by atoms with Gasteiger partial charge in [0.05, 0.1) is 27.5 Å². The normalized spacial score (nSPS) is 16.5. The van der Waals surface area contributed by atoms with Gasteiger partial charge in [-0.05, 0) is 71.4 Å². The van der Waals surface area contributed by atoms with Gasteiger partial charge < -0.3 is 4.43 Å². The van der Waals surface area contributed by atoms with Crippen molar-refractivity contribution < 1.29 is 17.1 Å². The Bertz CT molecular complexity index is 1490. The lowest BCUT2D eigenvalue weighted by Gasteiger charge is -2.46. The lowest BCUT2D eigenvalue weighted by Crippen LogP contribution is -2.52. The van der Waals surface area contributed by atoms with E-state index in [1.54, 1.807) is 16.4 Å². The van der Waals surface area contributed by atoms with Crippen LogP contribution in [0.2, 0.25) is 16.6 Å². The van der Waals surface area contributed by atoms with E-state index in [-0.39, 0.29) is 17.2 Å². The molecule has 0 spiro atoms. The number of sulfonamides is 1. The average molecular weight is 624 g/mol. The zero-order valence-electron chi connectivity index (χ0n) is 25.9. The summed E-state index contributed by atoms with van der Waals surface area (Å²) in [4.78, 5) is 0.925. The molecule has 0 bridgehead atoms. The number of benzene rings is 3. The quantitative estimate of drug-likeness (QED) is 0.192. The molecule has 0 amide bonds. The zero-order chi connectivity index (χ0) is 30.7. The van der Waals surface area contributed by atoms with Gasteiger partial charge in [0.25, 0.3) is 8.32 Å². The van der Waals surface area contributed by atoms with Crippen LogP contribution in [0.4, 0.5) is 0 Å². The first kappa shape index (κ1) is 32.4. The Morgan fingerprint density at radius 3 is 2.02 bits per heavy atom. The van der Waals surface area contributed by atoms with E-state index in [4.69, 9.17) is 4.43 Å². The third-order valence-corrected chi connectivity index (χ3v) is 17.9. The van der Waals surface area contributed by atoms with Crippen molar-refractivity contribution in [3.63, 3.8) is 0 Å². The molecule has 0 saturated carbocycles. The summed E-state index contributed by atoms with van der Waals surface area (Å²) in [5.74, 6) is 0.888. The molecule has 0 N–H and O–H groups in total. The second-order valence-corrected chi connectivity index (χ2v) is 21.0. The van der Waals surface area contributed by atoms with Crippen molar-refractivity contribution >= 4 is 35.2 Å². The van der Waals surface area contributed by atoms with Crippen molar-refractivity contribution in [1.29, 1.82) is 0 Å². The van der Waals surface area contributed by atoms with Crippen molar-refractivity contribution in [2.45, 2.75) is 87.3 Å². The average Bonchev–Trinajstić information content (AvgIpc) is 2.95. The van der Waals surface area contributed by atoms with E-state index < -0.39 is 35.2 Å². The van der Waals surface area contributed by atoms with Crippen molar-refractivity contribution in [3.8, 4) is 0 Å². The third kappa shape index (κ3) is 6.67. The molecule has 42 heavy (non-hydrogen) atoms. The summed E-state index contributed by atoms with van der Waals surface area (Å²) in [6, 6.07) is 23.8. The zero-order valence-corrected chi connectivity index (χ0v) is 28.5. The molecule has 0 heterocycles. The molecule has 2 unspecified atom stereocenters. The third-order valence-electron chi connectivity index (χ3n) is 8.57. The summed E-state index contributed by atoms with van der Waals surface area (Å²) in [5.41, 5.74) is 4.09. The van der Waals surface area contributed by atoms with Gasteiger partial charge in [0.1, 0.15) is 0 Å². The van der Waals surface area contributed by atoms with E-state index in [1.807, 2.05) is 61.5 Å². The Morgan fingerprint density at radius 1 is 0.857 bits per heavy atom. The van der Waals surface area contributed by atoms with Crippen molar-refractivity contribution in [2.75, 3.05) is 12.3 Å². The highest BCUT2D eigenvalue weighted by atomic mass is 32.2. The molecule has 3 aromatic carbocycles. The van der Waals surface area contributed by atoms with Gasteiger partial charge in [-0.1, -0.05) is 102 Å². The van der Waals surface area contributed by atoms with Gasteiger partial charge in [-0.2, -0.15) is 4.31 Å². The van der Waals surface area contributed by atoms with Crippen LogP contribution < -0.4 is 0 Å². The molecule has 4 rings (SSSR count). The summed E-state index contributed by atoms with van der Waals surface area (Å²) in [7, 11) is -7.73. The second kappa shape index (κ2) is 13.4. The lowest BCUT2D eigenvalue weighted by atomic mass is 9.93. The number of rotatable bonds is 12. The molecule has 0 radical (unpaired) electrons. The fourth-order valence-corrected chi connectivity index (χ4v) is 14.6. The first-order valence-electron chi connectivity index (χ1n) is 14.9. The highest BCUT2D eigenvalue weighted by molar-refractivity contribution is 7.89. The van der Waals surface area contributed by atoms with E-state index in [9.17, 15) is 12.6 Å². The summed E-state index contributed by atoms with van der Waals surface area (Å²) in [5, 5.41) is 0. The van der Waals surface area contributed by atoms with Crippen LogP contribution >= 0.6 is 0 Å². The molecule has 0 saturated heterocycles. The SMILES string of the molecule is Cc1ccc(S(=O)(=O)N(CCS(=O)c2ccccc2)C2Cc3ccccc3C=C2O[Si](C(C)C)(C(C)C)C(C)C)cc1. The van der Waals surface area contributed by atoms with Gasteiger partial charge in [0, 0.05) is 17.2 Å². The monoisotopic (exact) mass is 623 g/mol.